The SMILES string of the molecule is CCNC(=O)[C@H](CC)N(Cc1cccc(OC)c1)C(=O)CN(c1ccc(Br)cc1)S(=O)(=O)c1ccccc1. The number of halogens is 1. The second kappa shape index (κ2) is 13.4. The molecule has 0 fully saturated rings. The van der Waals surface area contributed by atoms with Gasteiger partial charge in [0, 0.05) is 17.6 Å². The Morgan fingerprint density at radius 2 is 1.66 bits per heavy atom. The summed E-state index contributed by atoms with van der Waals surface area (Å²) >= 11 is 3.37. The van der Waals surface area contributed by atoms with E-state index in [0.717, 1.165) is 14.3 Å². The summed E-state index contributed by atoms with van der Waals surface area (Å²) in [6.07, 6.45) is 0.352. The van der Waals surface area contributed by atoms with Gasteiger partial charge in [0.05, 0.1) is 17.7 Å². The summed E-state index contributed by atoms with van der Waals surface area (Å²) in [6, 6.07) is 21.1. The van der Waals surface area contributed by atoms with Gasteiger partial charge >= 0.3 is 0 Å². The molecule has 0 radical (unpaired) electrons. The van der Waals surface area contributed by atoms with Crippen LogP contribution >= 0.6 is 15.9 Å². The molecule has 0 unspecified atom stereocenters. The molecule has 0 aliphatic carbocycles. The maximum absolute atomic E-state index is 13.9. The van der Waals surface area contributed by atoms with Gasteiger partial charge in [0.25, 0.3) is 10.0 Å². The van der Waals surface area contributed by atoms with Crippen LogP contribution in [0.5, 0.6) is 5.75 Å². The monoisotopic (exact) mass is 601 g/mol. The number of likely N-dealkylation sites (N-methyl/N-ethyl adjacent to an activating group) is 1. The molecular weight excluding hydrogens is 570 g/mol. The van der Waals surface area contributed by atoms with Crippen LogP contribution < -0.4 is 14.4 Å². The Bertz CT molecular complexity index is 1330. The lowest BCUT2D eigenvalue weighted by Gasteiger charge is -2.33. The summed E-state index contributed by atoms with van der Waals surface area (Å²) in [5.41, 5.74) is 1.08. The van der Waals surface area contributed by atoms with Gasteiger partial charge < -0.3 is 15.0 Å². The third-order valence-corrected chi connectivity index (χ3v) is 8.27. The van der Waals surface area contributed by atoms with E-state index in [1.54, 1.807) is 74.7 Å². The minimum atomic E-state index is -4.09. The molecule has 0 bridgehead atoms. The molecule has 0 spiro atoms. The molecule has 0 aliphatic rings. The van der Waals surface area contributed by atoms with Gasteiger partial charge in [-0.2, -0.15) is 0 Å². The fraction of sp³-hybridized carbons (Fsp3) is 0.286. The molecule has 3 aromatic carbocycles. The quantitative estimate of drug-likeness (QED) is 0.327. The van der Waals surface area contributed by atoms with Crippen molar-refractivity contribution in [3.8, 4) is 5.75 Å². The summed E-state index contributed by atoms with van der Waals surface area (Å²) in [5, 5.41) is 2.79. The van der Waals surface area contributed by atoms with Crippen molar-refractivity contribution in [2.24, 2.45) is 0 Å². The molecule has 3 rings (SSSR count). The maximum Gasteiger partial charge on any atom is 0.264 e. The number of hydrogen-bond donors (Lipinski definition) is 1. The van der Waals surface area contributed by atoms with Crippen LogP contribution in [-0.2, 0) is 26.2 Å². The first-order valence-electron chi connectivity index (χ1n) is 12.2. The molecule has 1 atom stereocenters. The summed E-state index contributed by atoms with van der Waals surface area (Å²) < 4.78 is 34.7. The fourth-order valence-corrected chi connectivity index (χ4v) is 5.73. The summed E-state index contributed by atoms with van der Waals surface area (Å²) in [4.78, 5) is 28.4. The number of ether oxygens (including phenoxy) is 1. The molecule has 10 heteroatoms. The largest absolute Gasteiger partial charge is 0.497 e. The Hall–Kier alpha value is -3.37. The van der Waals surface area contributed by atoms with Gasteiger partial charge in [-0.3, -0.25) is 13.9 Å². The summed E-state index contributed by atoms with van der Waals surface area (Å²) in [5.74, 6) is -0.190. The number of anilines is 1. The standard InChI is InChI=1S/C28H32BrN3O5S/c1-4-26(28(34)30-5-2)31(19-21-10-9-11-24(18-21)37-3)27(33)20-32(23-16-14-22(29)15-17-23)38(35,36)25-12-7-6-8-13-25/h6-18,26H,4-5,19-20H2,1-3H3,(H,30,34)/t26-/m0/s1. The van der Waals surface area contributed by atoms with E-state index in [4.69, 9.17) is 4.74 Å². The minimum Gasteiger partial charge on any atom is -0.497 e. The second-order valence-electron chi connectivity index (χ2n) is 8.49. The number of carbonyl (C=O) groups excluding carboxylic acids is 2. The normalized spacial score (nSPS) is 11.9. The Labute approximate surface area is 232 Å². The Balaban J connectivity index is 2.05. The molecule has 0 saturated carbocycles. The van der Waals surface area contributed by atoms with E-state index in [2.05, 4.69) is 21.2 Å². The van der Waals surface area contributed by atoms with Crippen molar-refractivity contribution in [3.63, 3.8) is 0 Å². The summed E-state index contributed by atoms with van der Waals surface area (Å²) in [6.45, 7) is 3.65. The molecular formula is C28H32BrN3O5S. The Morgan fingerprint density at radius 3 is 2.26 bits per heavy atom. The molecule has 8 nitrogen and oxygen atoms in total. The number of methoxy groups -OCH3 is 1. The number of rotatable bonds is 12. The van der Waals surface area contributed by atoms with Crippen molar-refractivity contribution in [2.75, 3.05) is 24.5 Å². The first-order valence-corrected chi connectivity index (χ1v) is 14.5. The van der Waals surface area contributed by atoms with Crippen LogP contribution in [0, 0.1) is 0 Å². The zero-order chi connectivity index (χ0) is 27.7. The number of carbonyl (C=O) groups is 2. The van der Waals surface area contributed by atoms with Crippen LogP contribution in [0.1, 0.15) is 25.8 Å². The third-order valence-electron chi connectivity index (χ3n) is 5.95. The van der Waals surface area contributed by atoms with E-state index in [9.17, 15) is 18.0 Å². The predicted molar refractivity (Wildman–Crippen MR) is 151 cm³/mol. The van der Waals surface area contributed by atoms with Gasteiger partial charge in [-0.25, -0.2) is 8.42 Å². The van der Waals surface area contributed by atoms with E-state index in [1.807, 2.05) is 13.0 Å². The van der Waals surface area contributed by atoms with Crippen molar-refractivity contribution < 1.29 is 22.7 Å². The number of benzene rings is 3. The average Bonchev–Trinajstić information content (AvgIpc) is 2.92. The van der Waals surface area contributed by atoms with Gasteiger partial charge in [-0.05, 0) is 67.4 Å². The topological polar surface area (TPSA) is 96.0 Å². The van der Waals surface area contributed by atoms with Gasteiger partial charge in [0.1, 0.15) is 18.3 Å². The third kappa shape index (κ3) is 7.14. The van der Waals surface area contributed by atoms with Crippen LogP contribution in [0.3, 0.4) is 0 Å². The van der Waals surface area contributed by atoms with Crippen LogP contribution in [0.2, 0.25) is 0 Å². The van der Waals surface area contributed by atoms with Crippen LogP contribution in [0.15, 0.2) is 88.2 Å². The van der Waals surface area contributed by atoms with Gasteiger partial charge in [-0.15, -0.1) is 0 Å². The van der Waals surface area contributed by atoms with Gasteiger partial charge in [0.15, 0.2) is 0 Å². The van der Waals surface area contributed by atoms with Crippen LogP contribution in [0.4, 0.5) is 5.69 Å². The summed E-state index contributed by atoms with van der Waals surface area (Å²) in [7, 11) is -2.54. The van der Waals surface area contributed by atoms with Gasteiger partial charge in [0.2, 0.25) is 11.8 Å². The maximum atomic E-state index is 13.9. The average molecular weight is 603 g/mol. The number of sulfonamides is 1. The zero-order valence-corrected chi connectivity index (χ0v) is 24.0. The molecule has 2 amide bonds. The van der Waals surface area contributed by atoms with Crippen molar-refractivity contribution in [1.29, 1.82) is 0 Å². The van der Waals surface area contributed by atoms with Crippen LogP contribution in [0.25, 0.3) is 0 Å². The van der Waals surface area contributed by atoms with E-state index in [-0.39, 0.29) is 17.3 Å². The first kappa shape index (κ1) is 29.2. The molecule has 202 valence electrons. The highest BCUT2D eigenvalue weighted by Crippen LogP contribution is 2.26. The zero-order valence-electron chi connectivity index (χ0n) is 21.6. The highest BCUT2D eigenvalue weighted by molar-refractivity contribution is 9.10. The molecule has 0 aliphatic heterocycles. The fourth-order valence-electron chi connectivity index (χ4n) is 4.03. The van der Waals surface area contributed by atoms with E-state index < -0.39 is 28.5 Å². The van der Waals surface area contributed by atoms with Crippen LogP contribution in [-0.4, -0.2) is 51.4 Å². The molecule has 38 heavy (non-hydrogen) atoms. The Morgan fingerprint density at radius 1 is 0.974 bits per heavy atom. The Kier molecular flexibility index (Phi) is 10.3. The highest BCUT2D eigenvalue weighted by atomic mass is 79.9. The van der Waals surface area contributed by atoms with Crippen molar-refractivity contribution in [2.45, 2.75) is 37.8 Å². The molecule has 1 N–H and O–H groups in total. The molecule has 0 heterocycles. The van der Waals surface area contributed by atoms with Gasteiger partial charge in [-0.1, -0.05) is 53.2 Å². The van der Waals surface area contributed by atoms with E-state index in [1.165, 1.54) is 17.0 Å². The minimum absolute atomic E-state index is 0.0610. The lowest BCUT2D eigenvalue weighted by Crippen LogP contribution is -2.52. The smallest absolute Gasteiger partial charge is 0.264 e. The lowest BCUT2D eigenvalue weighted by molar-refractivity contribution is -0.140. The molecule has 0 aromatic heterocycles. The highest BCUT2D eigenvalue weighted by Gasteiger charge is 2.33. The van der Waals surface area contributed by atoms with E-state index >= 15 is 0 Å². The lowest BCUT2D eigenvalue weighted by atomic mass is 10.1. The predicted octanol–water partition coefficient (Wildman–Crippen LogP) is 4.60. The van der Waals surface area contributed by atoms with Crippen molar-refractivity contribution in [3.05, 3.63) is 88.9 Å². The number of hydrogen-bond acceptors (Lipinski definition) is 5. The molecule has 0 saturated heterocycles. The van der Waals surface area contributed by atoms with Crippen molar-refractivity contribution >= 4 is 43.5 Å². The van der Waals surface area contributed by atoms with Crippen molar-refractivity contribution in [1.82, 2.24) is 10.2 Å². The number of nitrogens with one attached hydrogen (secondary N) is 1. The second-order valence-corrected chi connectivity index (χ2v) is 11.3. The number of amides is 2. The first-order chi connectivity index (χ1) is 18.2. The molecule has 3 aromatic rings. The number of nitrogens with zero attached hydrogens (tertiary/aromatic N) is 2. The van der Waals surface area contributed by atoms with E-state index in [0.29, 0.717) is 24.4 Å².